The Morgan fingerprint density at radius 1 is 0.909 bits per heavy atom. The molecule has 0 bridgehead atoms. The second-order valence-corrected chi connectivity index (χ2v) is 5.14. The van der Waals surface area contributed by atoms with Crippen molar-refractivity contribution in [2.45, 2.75) is 0 Å². The summed E-state index contributed by atoms with van der Waals surface area (Å²) < 4.78 is 24.1. The van der Waals surface area contributed by atoms with Crippen LogP contribution in [0.5, 0.6) is 0 Å². The minimum absolute atomic E-state index is 0.00380. The smallest absolute Gasteiger partial charge is 0.223 e. The van der Waals surface area contributed by atoms with Crippen molar-refractivity contribution >= 4 is 39.2 Å². The Morgan fingerprint density at radius 2 is 1.50 bits per heavy atom. The van der Waals surface area contributed by atoms with Gasteiger partial charge in [-0.05, 0) is 24.3 Å². The van der Waals surface area contributed by atoms with Gasteiger partial charge in [0.1, 0.15) is 0 Å². The van der Waals surface area contributed by atoms with E-state index in [1.165, 1.54) is 0 Å². The van der Waals surface area contributed by atoms with E-state index in [4.69, 9.17) is 0 Å². The molecule has 7 nitrogen and oxygen atoms in total. The van der Waals surface area contributed by atoms with Gasteiger partial charge in [0, 0.05) is 0 Å². The molecule has 0 aliphatic carbocycles. The maximum absolute atomic E-state index is 11.0. The highest BCUT2D eigenvalue weighted by molar-refractivity contribution is 7.73. The van der Waals surface area contributed by atoms with Crippen LogP contribution in [0, 0.1) is 0 Å². The first-order valence-corrected chi connectivity index (χ1v) is 7.55. The third-order valence-corrected chi connectivity index (χ3v) is 3.35. The number of benzene rings is 2. The topological polar surface area (TPSA) is 95.4 Å². The molecule has 0 radical (unpaired) electrons. The Bertz CT molecular complexity index is 876. The Labute approximate surface area is 127 Å². The fourth-order valence-electron chi connectivity index (χ4n) is 1.99. The summed E-state index contributed by atoms with van der Waals surface area (Å²) in [7, 11) is -2.93. The van der Waals surface area contributed by atoms with Crippen molar-refractivity contribution in [3.63, 3.8) is 0 Å². The van der Waals surface area contributed by atoms with Gasteiger partial charge in [0.15, 0.2) is 5.82 Å². The molecule has 0 atom stereocenters. The largest absolute Gasteiger partial charge is 0.282 e. The lowest BCUT2D eigenvalue weighted by Crippen LogP contribution is -2.16. The Balaban J connectivity index is 2.17. The van der Waals surface area contributed by atoms with E-state index in [2.05, 4.69) is 14.7 Å². The minimum Gasteiger partial charge on any atom is -0.282 e. The van der Waals surface area contributed by atoms with Crippen LogP contribution in [0.3, 0.4) is 0 Å². The fraction of sp³-hybridized carbons (Fsp3) is 0. The molecule has 0 aliphatic rings. The van der Waals surface area contributed by atoms with Crippen LogP contribution < -0.4 is 9.79 Å². The third kappa shape index (κ3) is 2.83. The maximum Gasteiger partial charge on any atom is 0.223 e. The first-order valence-electron chi connectivity index (χ1n) is 6.37. The summed E-state index contributed by atoms with van der Waals surface area (Å²) in [6.45, 7) is 0. The maximum atomic E-state index is 11.0. The zero-order chi connectivity index (χ0) is 15.5. The van der Waals surface area contributed by atoms with Crippen LogP contribution in [-0.4, -0.2) is 23.6 Å². The van der Waals surface area contributed by atoms with Crippen molar-refractivity contribution in [3.05, 3.63) is 54.6 Å². The molecule has 8 heteroatoms. The number of fused-ring (bicyclic) bond motifs is 1. The molecule has 0 saturated heterocycles. The molecule has 22 heavy (non-hydrogen) atoms. The lowest BCUT2D eigenvalue weighted by molar-refractivity contribution is 0.298. The summed E-state index contributed by atoms with van der Waals surface area (Å²) in [5.41, 5.74) is 1.50. The van der Waals surface area contributed by atoms with Gasteiger partial charge in [-0.1, -0.05) is 30.3 Å². The molecule has 0 aliphatic heterocycles. The molecule has 3 aromatic rings. The van der Waals surface area contributed by atoms with E-state index in [9.17, 15) is 13.6 Å². The molecular formula is C14H12N4O3S. The lowest BCUT2D eigenvalue weighted by atomic mass is 10.3. The van der Waals surface area contributed by atoms with Crippen molar-refractivity contribution in [1.82, 2.24) is 9.97 Å². The summed E-state index contributed by atoms with van der Waals surface area (Å²) in [6, 6.07) is 15.6. The molecule has 0 amide bonds. The van der Waals surface area contributed by atoms with Crippen molar-refractivity contribution in [1.29, 1.82) is 0 Å². The molecule has 0 spiro atoms. The number of aromatic nitrogens is 2. The second-order valence-electron chi connectivity index (χ2n) is 4.40. The summed E-state index contributed by atoms with van der Waals surface area (Å²) in [4.78, 5) is 8.49. The average Bonchev–Trinajstić information content (AvgIpc) is 2.54. The van der Waals surface area contributed by atoms with Crippen molar-refractivity contribution < 1.29 is 13.6 Å². The monoisotopic (exact) mass is 316 g/mol. The second kappa shape index (κ2) is 5.96. The van der Waals surface area contributed by atoms with Crippen molar-refractivity contribution in [2.75, 3.05) is 9.79 Å². The standard InChI is InChI=1S/C14H12N4O3S/c19-18(10-6-2-1-3-7-10)14-13(17-22(20)21)15-11-8-4-5-9-12(11)16-14/h1-9,19,22H,(H,15,17,20,21). The SMILES string of the molecule is O=[SH](=O)Nc1nc2ccccc2nc1N(O)c1ccccc1. The molecule has 1 heterocycles. The molecule has 3 rings (SSSR count). The highest BCUT2D eigenvalue weighted by atomic mass is 32.2. The summed E-state index contributed by atoms with van der Waals surface area (Å²) >= 11 is 0. The van der Waals surface area contributed by atoms with Gasteiger partial charge in [-0.25, -0.2) is 23.4 Å². The number of nitrogens with one attached hydrogen (secondary N) is 1. The highest BCUT2D eigenvalue weighted by Gasteiger charge is 2.16. The quantitative estimate of drug-likeness (QED) is 0.504. The van der Waals surface area contributed by atoms with E-state index < -0.39 is 10.9 Å². The van der Waals surface area contributed by atoms with Crippen LogP contribution in [0.1, 0.15) is 0 Å². The summed E-state index contributed by atoms with van der Waals surface area (Å²) in [5.74, 6) is -0.0368. The van der Waals surface area contributed by atoms with Gasteiger partial charge in [0.05, 0.1) is 16.7 Å². The van der Waals surface area contributed by atoms with Crippen LogP contribution >= 0.6 is 0 Å². The van der Waals surface area contributed by atoms with E-state index in [1.54, 1.807) is 54.6 Å². The molecule has 0 saturated carbocycles. The van der Waals surface area contributed by atoms with Gasteiger partial charge in [-0.2, -0.15) is 0 Å². The fourth-order valence-corrected chi connectivity index (χ4v) is 2.31. The van der Waals surface area contributed by atoms with Crippen LogP contribution in [0.4, 0.5) is 17.3 Å². The number of para-hydroxylation sites is 3. The van der Waals surface area contributed by atoms with Crippen LogP contribution in [0.15, 0.2) is 54.6 Å². The van der Waals surface area contributed by atoms with Gasteiger partial charge < -0.3 is 0 Å². The Kier molecular flexibility index (Phi) is 3.86. The molecular weight excluding hydrogens is 304 g/mol. The first-order chi connectivity index (χ1) is 10.6. The van der Waals surface area contributed by atoms with E-state index in [-0.39, 0.29) is 11.6 Å². The first kappa shape index (κ1) is 14.2. The number of hydrogen-bond donors (Lipinski definition) is 3. The van der Waals surface area contributed by atoms with E-state index in [0.717, 1.165) is 5.06 Å². The summed E-state index contributed by atoms with van der Waals surface area (Å²) in [6.07, 6.45) is 0. The zero-order valence-corrected chi connectivity index (χ0v) is 12.1. The van der Waals surface area contributed by atoms with Crippen LogP contribution in [-0.2, 0) is 10.9 Å². The summed E-state index contributed by atoms with van der Waals surface area (Å²) in [5, 5.41) is 11.1. The number of nitrogens with zero attached hydrogens (tertiary/aromatic N) is 3. The average molecular weight is 316 g/mol. The zero-order valence-electron chi connectivity index (χ0n) is 11.2. The van der Waals surface area contributed by atoms with Gasteiger partial charge in [-0.3, -0.25) is 9.93 Å². The molecule has 112 valence electrons. The van der Waals surface area contributed by atoms with E-state index in [0.29, 0.717) is 16.7 Å². The van der Waals surface area contributed by atoms with Crippen LogP contribution in [0.25, 0.3) is 11.0 Å². The Morgan fingerprint density at radius 3 is 2.14 bits per heavy atom. The van der Waals surface area contributed by atoms with Crippen molar-refractivity contribution in [2.24, 2.45) is 0 Å². The lowest BCUT2D eigenvalue weighted by Gasteiger charge is -2.18. The predicted octanol–water partition coefficient (Wildman–Crippen LogP) is 2.10. The molecule has 2 N–H and O–H groups in total. The number of anilines is 3. The highest BCUT2D eigenvalue weighted by Crippen LogP contribution is 2.29. The minimum atomic E-state index is -2.93. The molecule has 2 aromatic carbocycles. The molecule has 1 aromatic heterocycles. The number of rotatable bonds is 4. The van der Waals surface area contributed by atoms with Gasteiger partial charge in [0.2, 0.25) is 16.7 Å². The van der Waals surface area contributed by atoms with Gasteiger partial charge >= 0.3 is 0 Å². The predicted molar refractivity (Wildman–Crippen MR) is 83.8 cm³/mol. The van der Waals surface area contributed by atoms with E-state index >= 15 is 0 Å². The third-order valence-electron chi connectivity index (χ3n) is 2.95. The van der Waals surface area contributed by atoms with Gasteiger partial charge in [-0.15, -0.1) is 0 Å². The van der Waals surface area contributed by atoms with Gasteiger partial charge in [0.25, 0.3) is 0 Å². The van der Waals surface area contributed by atoms with Crippen LogP contribution in [0.2, 0.25) is 0 Å². The molecule has 0 unspecified atom stereocenters. The van der Waals surface area contributed by atoms with Crippen molar-refractivity contribution in [3.8, 4) is 0 Å². The molecule has 0 fully saturated rings. The number of thiol groups is 1. The normalized spacial score (nSPS) is 10.8. The Hall–Kier alpha value is -2.71. The number of hydrogen-bond acceptors (Lipinski definition) is 6. The van der Waals surface area contributed by atoms with E-state index in [1.807, 2.05) is 0 Å².